The van der Waals surface area contributed by atoms with Gasteiger partial charge in [0.25, 0.3) is 11.5 Å². The number of amides is 4. The number of hydrogen-bond acceptors (Lipinski definition) is 12. The van der Waals surface area contributed by atoms with E-state index in [0.29, 0.717) is 79.5 Å². The molecule has 3 aromatic heterocycles. The molecule has 58 heavy (non-hydrogen) atoms. The predicted octanol–water partition coefficient (Wildman–Crippen LogP) is 4.93. The Morgan fingerprint density at radius 2 is 1.74 bits per heavy atom. The third kappa shape index (κ3) is 7.81. The van der Waals surface area contributed by atoms with E-state index >= 15 is 0 Å². The lowest BCUT2D eigenvalue weighted by molar-refractivity contribution is -0.137. The first-order chi connectivity index (χ1) is 28.1. The summed E-state index contributed by atoms with van der Waals surface area (Å²) in [4.78, 5) is 96.9. The van der Waals surface area contributed by atoms with Gasteiger partial charge in [0.05, 0.1) is 17.4 Å². The molecule has 2 N–H and O–H groups in total. The molecule has 1 saturated carbocycles. The maximum Gasteiger partial charge on any atom is 0.263 e. The van der Waals surface area contributed by atoms with E-state index in [1.807, 2.05) is 29.2 Å². The molecule has 1 aromatic carbocycles. The molecule has 3 fully saturated rings. The van der Waals surface area contributed by atoms with E-state index < -0.39 is 11.9 Å². The van der Waals surface area contributed by atoms with E-state index in [2.05, 4.69) is 25.5 Å². The van der Waals surface area contributed by atoms with E-state index in [4.69, 9.17) is 4.98 Å². The Labute approximate surface area is 340 Å². The SMILES string of the molecule is CC(=O)c1c(C)c2cnc(Nc3ccc(N4CCN(C(=O)CCCCSc5cccc6c5CN(C5CCC(=O)NC5=O)C6=O)CC4)cn3)nc2n(C2CCCC2)c1=O. The number of aryl methyl sites for hydroxylation is 1. The zero-order valence-corrected chi connectivity index (χ0v) is 33.6. The first kappa shape index (κ1) is 39.2. The van der Waals surface area contributed by atoms with Gasteiger partial charge in [0, 0.05) is 73.6 Å². The lowest BCUT2D eigenvalue weighted by Gasteiger charge is -2.36. The summed E-state index contributed by atoms with van der Waals surface area (Å²) in [5.74, 6) is 0.679. The maximum absolute atomic E-state index is 13.6. The van der Waals surface area contributed by atoms with E-state index in [1.165, 1.54) is 6.92 Å². The Balaban J connectivity index is 0.805. The third-order valence-electron chi connectivity index (χ3n) is 11.8. The number of ketones is 1. The zero-order valence-electron chi connectivity index (χ0n) is 32.8. The first-order valence-electron chi connectivity index (χ1n) is 20.2. The summed E-state index contributed by atoms with van der Waals surface area (Å²) in [6.07, 6.45) is 9.91. The van der Waals surface area contributed by atoms with Gasteiger partial charge in [-0.25, -0.2) is 9.97 Å². The second-order valence-corrected chi connectivity index (χ2v) is 16.6. The van der Waals surface area contributed by atoms with Gasteiger partial charge in [-0.1, -0.05) is 18.9 Å². The Morgan fingerprint density at radius 1 is 0.948 bits per heavy atom. The molecule has 0 radical (unpaired) electrons. The number of carbonyl (C=O) groups is 5. The van der Waals surface area contributed by atoms with Crippen molar-refractivity contribution in [2.45, 2.75) is 95.2 Å². The van der Waals surface area contributed by atoms with E-state index in [9.17, 15) is 28.8 Å². The van der Waals surface area contributed by atoms with Crippen molar-refractivity contribution in [3.05, 3.63) is 75.3 Å². The maximum atomic E-state index is 13.6. The van der Waals surface area contributed by atoms with Crippen molar-refractivity contribution in [1.82, 2.24) is 34.6 Å². The van der Waals surface area contributed by atoms with Crippen LogP contribution in [0.4, 0.5) is 17.5 Å². The number of benzene rings is 1. The fraction of sp³-hybridized carbons (Fsp3) is 0.452. The Bertz CT molecular complexity index is 2350. The number of Topliss-reactive ketones (excluding diaryl/α,β-unsaturated/α-hetero) is 1. The van der Waals surface area contributed by atoms with Crippen molar-refractivity contribution in [1.29, 1.82) is 0 Å². The van der Waals surface area contributed by atoms with Crippen LogP contribution in [0, 0.1) is 6.92 Å². The normalized spacial score (nSPS) is 18.6. The smallest absolute Gasteiger partial charge is 0.263 e. The largest absolute Gasteiger partial charge is 0.367 e. The van der Waals surface area contributed by atoms with Gasteiger partial charge >= 0.3 is 0 Å². The molecule has 1 aliphatic carbocycles. The van der Waals surface area contributed by atoms with Crippen LogP contribution >= 0.6 is 11.8 Å². The van der Waals surface area contributed by atoms with Crippen LogP contribution in [0.15, 0.2) is 52.4 Å². The standard InChI is InChI=1S/C42H47N9O6S/c1-25-30-23-44-42(47-38(30)51(27-8-3-4-9-27)41(57)37(25)26(2)52)45-34-15-13-28(22-43-34)48-17-19-49(20-18-48)36(54)12-5-6-21-58-33-11-7-10-29-31(33)24-50(40(29)56)32-14-16-35(53)46-39(32)55/h7,10-11,13,15,22-23,27,32H,3-6,8-9,12,14,16-21,24H2,1-2H3,(H,46,53,55)(H,43,44,45,47). The van der Waals surface area contributed by atoms with Gasteiger partial charge in [-0.05, 0) is 87.1 Å². The topological polar surface area (TPSA) is 180 Å². The molecule has 4 aliphatic rings. The summed E-state index contributed by atoms with van der Waals surface area (Å²) >= 11 is 1.67. The van der Waals surface area contributed by atoms with E-state index in [1.54, 1.807) is 46.6 Å². The molecule has 2 saturated heterocycles. The molecule has 0 bridgehead atoms. The Hall–Kier alpha value is -5.64. The first-order valence-corrected chi connectivity index (χ1v) is 21.1. The molecular formula is C42H47N9O6S. The molecule has 15 nitrogen and oxygen atoms in total. The fourth-order valence-corrected chi connectivity index (χ4v) is 9.79. The number of nitrogens with one attached hydrogen (secondary N) is 2. The average molecular weight is 806 g/mol. The summed E-state index contributed by atoms with van der Waals surface area (Å²) in [7, 11) is 0. The highest BCUT2D eigenvalue weighted by atomic mass is 32.2. The zero-order chi connectivity index (χ0) is 40.5. The van der Waals surface area contributed by atoms with Crippen LogP contribution in [-0.4, -0.2) is 96.7 Å². The van der Waals surface area contributed by atoms with E-state index in [-0.39, 0.29) is 47.1 Å². The number of thioether (sulfide) groups is 1. The minimum Gasteiger partial charge on any atom is -0.367 e. The molecule has 4 amide bonds. The second kappa shape index (κ2) is 16.7. The van der Waals surface area contributed by atoms with Crippen LogP contribution in [0.1, 0.15) is 103 Å². The summed E-state index contributed by atoms with van der Waals surface area (Å²) in [5.41, 5.74) is 3.52. The molecule has 16 heteroatoms. The van der Waals surface area contributed by atoms with Crippen LogP contribution in [0.2, 0.25) is 0 Å². The number of pyridine rings is 2. The Kier molecular flexibility index (Phi) is 11.3. The number of nitrogens with zero attached hydrogens (tertiary/aromatic N) is 7. The fourth-order valence-electron chi connectivity index (χ4n) is 8.70. The summed E-state index contributed by atoms with van der Waals surface area (Å²) in [6.45, 7) is 6.19. The highest BCUT2D eigenvalue weighted by molar-refractivity contribution is 7.99. The number of fused-ring (bicyclic) bond motifs is 2. The second-order valence-electron chi connectivity index (χ2n) is 15.5. The van der Waals surface area contributed by atoms with Crippen molar-refractivity contribution >= 4 is 69.7 Å². The van der Waals surface area contributed by atoms with Crippen LogP contribution in [-0.2, 0) is 20.9 Å². The van der Waals surface area contributed by atoms with E-state index in [0.717, 1.165) is 60.4 Å². The van der Waals surface area contributed by atoms with Gasteiger partial charge in [-0.2, -0.15) is 4.98 Å². The molecular weight excluding hydrogens is 759 g/mol. The van der Waals surface area contributed by atoms with Crippen molar-refractivity contribution in [2.75, 3.05) is 42.1 Å². The molecule has 302 valence electrons. The van der Waals surface area contributed by atoms with Gasteiger partial charge < -0.3 is 20.0 Å². The van der Waals surface area contributed by atoms with Gasteiger partial charge in [0.1, 0.15) is 17.5 Å². The third-order valence-corrected chi connectivity index (χ3v) is 13.0. The van der Waals surface area contributed by atoms with Crippen LogP contribution in [0.3, 0.4) is 0 Å². The Morgan fingerprint density at radius 3 is 2.47 bits per heavy atom. The minimum absolute atomic E-state index is 0.00541. The molecule has 1 unspecified atom stereocenters. The number of unbranched alkanes of at least 4 members (excludes halogenated alkanes) is 1. The summed E-state index contributed by atoms with van der Waals surface area (Å²) < 4.78 is 1.70. The van der Waals surface area contributed by atoms with Gasteiger partial charge in [0.15, 0.2) is 5.78 Å². The number of piperazine rings is 1. The number of aromatic nitrogens is 4. The highest BCUT2D eigenvalue weighted by Gasteiger charge is 2.40. The monoisotopic (exact) mass is 805 g/mol. The molecule has 4 aromatic rings. The number of anilines is 3. The van der Waals surface area contributed by atoms with Gasteiger partial charge in [0.2, 0.25) is 23.7 Å². The van der Waals surface area contributed by atoms with Gasteiger partial charge in [-0.3, -0.25) is 38.7 Å². The number of hydrogen-bond donors (Lipinski definition) is 2. The average Bonchev–Trinajstić information content (AvgIpc) is 3.86. The number of rotatable bonds is 12. The summed E-state index contributed by atoms with van der Waals surface area (Å²) in [6, 6.07) is 8.86. The van der Waals surface area contributed by atoms with Crippen molar-refractivity contribution in [2.24, 2.45) is 0 Å². The molecule has 6 heterocycles. The van der Waals surface area contributed by atoms with Crippen molar-refractivity contribution in [3.8, 4) is 0 Å². The minimum atomic E-state index is -0.638. The molecule has 3 aliphatic heterocycles. The molecule has 8 rings (SSSR count). The highest BCUT2D eigenvalue weighted by Crippen LogP contribution is 2.35. The number of piperidine rings is 1. The number of imide groups is 1. The lowest BCUT2D eigenvalue weighted by Crippen LogP contribution is -2.52. The van der Waals surface area contributed by atoms with Crippen LogP contribution < -0.4 is 21.1 Å². The van der Waals surface area contributed by atoms with Crippen LogP contribution in [0.5, 0.6) is 0 Å². The van der Waals surface area contributed by atoms with Gasteiger partial charge in [-0.15, -0.1) is 11.8 Å². The van der Waals surface area contributed by atoms with Crippen molar-refractivity contribution in [3.63, 3.8) is 0 Å². The number of carbonyl (C=O) groups excluding carboxylic acids is 5. The quantitative estimate of drug-likeness (QED) is 0.0855. The van der Waals surface area contributed by atoms with Crippen LogP contribution in [0.25, 0.3) is 11.0 Å². The predicted molar refractivity (Wildman–Crippen MR) is 219 cm³/mol. The lowest BCUT2D eigenvalue weighted by atomic mass is 10.0. The molecule has 0 spiro atoms. The van der Waals surface area contributed by atoms with Crippen molar-refractivity contribution < 1.29 is 24.0 Å². The molecule has 1 atom stereocenters. The summed E-state index contributed by atoms with van der Waals surface area (Å²) in [5, 5.41) is 6.23.